The number of nitrogens with one attached hydrogen (secondary N) is 2. The largest absolute Gasteiger partial charge is 0.366 e. The summed E-state index contributed by atoms with van der Waals surface area (Å²) in [5, 5.41) is 3.18. The van der Waals surface area contributed by atoms with Gasteiger partial charge in [-0.3, -0.25) is 9.59 Å². The number of anilines is 1. The smallest absolute Gasteiger partial charge is 0.248 e. The number of benzene rings is 1. The molecule has 0 aliphatic rings. The van der Waals surface area contributed by atoms with E-state index in [1.807, 2.05) is 6.92 Å². The summed E-state index contributed by atoms with van der Waals surface area (Å²) in [7, 11) is 0. The summed E-state index contributed by atoms with van der Waals surface area (Å²) >= 11 is 1.35. The summed E-state index contributed by atoms with van der Waals surface area (Å²) in [4.78, 5) is 39.0. The third-order valence-electron chi connectivity index (χ3n) is 3.54. The molecule has 0 radical (unpaired) electrons. The lowest BCUT2D eigenvalue weighted by Crippen LogP contribution is -2.24. The quantitative estimate of drug-likeness (QED) is 0.458. The molecule has 0 unspecified atom stereocenters. The number of rotatable bonds is 6. The highest BCUT2D eigenvalue weighted by Crippen LogP contribution is 2.28. The first-order valence-corrected chi connectivity index (χ1v) is 8.48. The zero-order valence-electron chi connectivity index (χ0n) is 13.4. The number of nitrogens with two attached hydrogens (primary N) is 1. The van der Waals surface area contributed by atoms with E-state index in [1.165, 1.54) is 18.1 Å². The average molecular weight is 356 g/mol. The molecule has 0 saturated heterocycles. The monoisotopic (exact) mass is 356 g/mol. The molecule has 4 N–H and O–H groups in total. The van der Waals surface area contributed by atoms with Gasteiger partial charge in [-0.15, -0.1) is 0 Å². The molecule has 8 nitrogen and oxygen atoms in total. The molecule has 0 aliphatic carbocycles. The first-order valence-electron chi connectivity index (χ1n) is 7.60. The number of carbonyl (C=O) groups excluding carboxylic acids is 2. The number of H-pyrrole nitrogens is 1. The molecular weight excluding hydrogens is 340 g/mol. The second-order valence-electron chi connectivity index (χ2n) is 5.23. The molecule has 9 heteroatoms. The van der Waals surface area contributed by atoms with Crippen LogP contribution >= 0.6 is 11.8 Å². The predicted octanol–water partition coefficient (Wildman–Crippen LogP) is 1.96. The van der Waals surface area contributed by atoms with Gasteiger partial charge in [0.15, 0.2) is 5.65 Å². The molecule has 2 aromatic heterocycles. The van der Waals surface area contributed by atoms with Crippen molar-refractivity contribution in [3.63, 3.8) is 0 Å². The Balaban J connectivity index is 1.73. The van der Waals surface area contributed by atoms with Crippen LogP contribution in [0.5, 0.6) is 0 Å². The van der Waals surface area contributed by atoms with Crippen LogP contribution in [0, 0.1) is 0 Å². The lowest BCUT2D eigenvalue weighted by atomic mass is 10.2. The highest BCUT2D eigenvalue weighted by Gasteiger charge is 2.21. The molecule has 128 valence electrons. The van der Waals surface area contributed by atoms with Crippen molar-refractivity contribution in [3.8, 4) is 0 Å². The van der Waals surface area contributed by atoms with Gasteiger partial charge in [0.1, 0.15) is 16.9 Å². The Morgan fingerprint density at radius 3 is 2.68 bits per heavy atom. The molecule has 3 rings (SSSR count). The minimum absolute atomic E-state index is 0.148. The number of amides is 2. The Hall–Kier alpha value is -2.94. The summed E-state index contributed by atoms with van der Waals surface area (Å²) in [6, 6.07) is 6.44. The maximum Gasteiger partial charge on any atom is 0.248 e. The van der Waals surface area contributed by atoms with Crippen LogP contribution in [0.3, 0.4) is 0 Å². The van der Waals surface area contributed by atoms with Crippen molar-refractivity contribution in [2.75, 3.05) is 5.32 Å². The van der Waals surface area contributed by atoms with Gasteiger partial charge < -0.3 is 16.0 Å². The summed E-state index contributed by atoms with van der Waals surface area (Å²) in [6.45, 7) is 1.93. The van der Waals surface area contributed by atoms with Crippen molar-refractivity contribution in [1.82, 2.24) is 19.9 Å². The molecule has 0 saturated carbocycles. The maximum absolute atomic E-state index is 12.5. The van der Waals surface area contributed by atoms with E-state index < -0.39 is 5.91 Å². The van der Waals surface area contributed by atoms with Crippen molar-refractivity contribution in [2.24, 2.45) is 5.73 Å². The van der Waals surface area contributed by atoms with Crippen LogP contribution in [-0.4, -0.2) is 37.0 Å². The van der Waals surface area contributed by atoms with Crippen molar-refractivity contribution in [2.45, 2.75) is 23.6 Å². The lowest BCUT2D eigenvalue weighted by molar-refractivity contribution is -0.115. The van der Waals surface area contributed by atoms with E-state index in [9.17, 15) is 9.59 Å². The fraction of sp³-hybridized carbons (Fsp3) is 0.188. The van der Waals surface area contributed by atoms with E-state index in [1.54, 1.807) is 30.6 Å². The van der Waals surface area contributed by atoms with Crippen LogP contribution in [-0.2, 0) is 4.79 Å². The molecule has 2 heterocycles. The van der Waals surface area contributed by atoms with Gasteiger partial charge in [-0.05, 0) is 30.7 Å². The fourth-order valence-electron chi connectivity index (χ4n) is 2.23. The Bertz CT molecular complexity index is 908. The Labute approximate surface area is 147 Å². The van der Waals surface area contributed by atoms with Crippen LogP contribution < -0.4 is 11.1 Å². The fourth-order valence-corrected chi connectivity index (χ4v) is 3.21. The van der Waals surface area contributed by atoms with Crippen LogP contribution in [0.2, 0.25) is 0 Å². The number of primary amides is 1. The zero-order chi connectivity index (χ0) is 17.8. The number of carbonyl (C=O) groups is 2. The second-order valence-corrected chi connectivity index (χ2v) is 6.42. The number of imidazole rings is 1. The SMILES string of the molecule is CC[C@@H](Sc1ncnc2nc[nH]c12)C(=O)Nc1ccc(C(N)=O)cc1. The average Bonchev–Trinajstić information content (AvgIpc) is 3.09. The van der Waals surface area contributed by atoms with E-state index >= 15 is 0 Å². The molecule has 3 aromatic rings. The maximum atomic E-state index is 12.5. The molecule has 1 aromatic carbocycles. The van der Waals surface area contributed by atoms with Crippen molar-refractivity contribution < 1.29 is 9.59 Å². The van der Waals surface area contributed by atoms with E-state index in [4.69, 9.17) is 5.73 Å². The molecule has 0 spiro atoms. The predicted molar refractivity (Wildman–Crippen MR) is 95.2 cm³/mol. The lowest BCUT2D eigenvalue weighted by Gasteiger charge is -2.14. The Kier molecular flexibility index (Phi) is 4.94. The molecule has 25 heavy (non-hydrogen) atoms. The number of hydrogen-bond acceptors (Lipinski definition) is 6. The number of hydrogen-bond donors (Lipinski definition) is 3. The second kappa shape index (κ2) is 7.31. The first-order chi connectivity index (χ1) is 12.1. The number of aromatic nitrogens is 4. The van der Waals surface area contributed by atoms with Gasteiger partial charge in [0, 0.05) is 11.3 Å². The standard InChI is InChI=1S/C16H16N6O2S/c1-2-11(25-16-12-14(19-7-18-12)20-8-21-16)15(24)22-10-5-3-9(4-6-10)13(17)23/h3-8,11H,2H2,1H3,(H2,17,23)(H,22,24)(H,18,19,20,21)/t11-/m1/s1. The molecular formula is C16H16N6O2S. The number of thioether (sulfide) groups is 1. The summed E-state index contributed by atoms with van der Waals surface area (Å²) in [5.74, 6) is -0.655. The molecule has 1 atom stereocenters. The highest BCUT2D eigenvalue weighted by atomic mass is 32.2. The summed E-state index contributed by atoms with van der Waals surface area (Å²) in [6.07, 6.45) is 3.60. The van der Waals surface area contributed by atoms with Gasteiger partial charge >= 0.3 is 0 Å². The van der Waals surface area contributed by atoms with Crippen LogP contribution in [0.25, 0.3) is 11.2 Å². The highest BCUT2D eigenvalue weighted by molar-refractivity contribution is 8.00. The minimum Gasteiger partial charge on any atom is -0.366 e. The van der Waals surface area contributed by atoms with E-state index in [-0.39, 0.29) is 11.2 Å². The molecule has 0 bridgehead atoms. The molecule has 2 amide bonds. The summed E-state index contributed by atoms with van der Waals surface area (Å²) in [5.41, 5.74) is 7.48. The molecule has 0 aliphatic heterocycles. The first kappa shape index (κ1) is 16.9. The number of aromatic amines is 1. The van der Waals surface area contributed by atoms with Crippen molar-refractivity contribution in [3.05, 3.63) is 42.5 Å². The van der Waals surface area contributed by atoms with Crippen molar-refractivity contribution in [1.29, 1.82) is 0 Å². The van der Waals surface area contributed by atoms with Gasteiger partial charge in [-0.2, -0.15) is 0 Å². The van der Waals surface area contributed by atoms with Gasteiger partial charge in [-0.1, -0.05) is 18.7 Å². The number of fused-ring (bicyclic) bond motifs is 1. The van der Waals surface area contributed by atoms with E-state index in [0.29, 0.717) is 33.9 Å². The van der Waals surface area contributed by atoms with Crippen LogP contribution in [0.4, 0.5) is 5.69 Å². The Morgan fingerprint density at radius 1 is 1.24 bits per heavy atom. The summed E-state index contributed by atoms with van der Waals surface area (Å²) < 4.78 is 0. The van der Waals surface area contributed by atoms with E-state index in [2.05, 4.69) is 25.3 Å². The van der Waals surface area contributed by atoms with Gasteiger partial charge in [-0.25, -0.2) is 15.0 Å². The van der Waals surface area contributed by atoms with Crippen LogP contribution in [0.1, 0.15) is 23.7 Å². The van der Waals surface area contributed by atoms with E-state index in [0.717, 1.165) is 0 Å². The van der Waals surface area contributed by atoms with Gasteiger partial charge in [0.2, 0.25) is 11.8 Å². The number of nitrogens with zero attached hydrogens (tertiary/aromatic N) is 3. The van der Waals surface area contributed by atoms with Crippen LogP contribution in [0.15, 0.2) is 41.9 Å². The third-order valence-corrected chi connectivity index (χ3v) is 4.91. The third kappa shape index (κ3) is 3.77. The van der Waals surface area contributed by atoms with Gasteiger partial charge in [0.05, 0.1) is 11.6 Å². The topological polar surface area (TPSA) is 127 Å². The molecule has 0 fully saturated rings. The normalized spacial score (nSPS) is 12.0. The van der Waals surface area contributed by atoms with Gasteiger partial charge in [0.25, 0.3) is 0 Å². The zero-order valence-corrected chi connectivity index (χ0v) is 14.2. The van der Waals surface area contributed by atoms with Crippen molar-refractivity contribution >= 4 is 40.4 Å². The minimum atomic E-state index is -0.507. The Morgan fingerprint density at radius 2 is 2.00 bits per heavy atom.